The average Bonchev–Trinajstić information content (AvgIpc) is 3.13. The lowest BCUT2D eigenvalue weighted by Crippen LogP contribution is -2.12. The Morgan fingerprint density at radius 2 is 1.22 bits per heavy atom. The fraction of sp³-hybridized carbons (Fsp3) is 0.286. The molecule has 172 valence electrons. The molecule has 1 aromatic heterocycles. The van der Waals surface area contributed by atoms with Crippen LogP contribution in [0.15, 0.2) is 48.9 Å². The Morgan fingerprint density at radius 1 is 0.688 bits per heavy atom. The van der Waals surface area contributed by atoms with Crippen LogP contribution < -0.4 is 0 Å². The Balaban J connectivity index is 1.84. The van der Waals surface area contributed by atoms with Gasteiger partial charge in [-0.15, -0.1) is 0 Å². The van der Waals surface area contributed by atoms with Gasteiger partial charge in [-0.2, -0.15) is 39.5 Å². The van der Waals surface area contributed by atoms with Crippen molar-refractivity contribution >= 4 is 0 Å². The zero-order chi connectivity index (χ0) is 23.9. The van der Waals surface area contributed by atoms with Crippen LogP contribution >= 0.6 is 0 Å². The van der Waals surface area contributed by atoms with E-state index in [-0.39, 0.29) is 30.2 Å². The van der Waals surface area contributed by atoms with Crippen molar-refractivity contribution in [1.29, 1.82) is 0 Å². The second-order valence-corrected chi connectivity index (χ2v) is 7.24. The molecule has 2 aromatic carbocycles. The van der Waals surface area contributed by atoms with Crippen LogP contribution in [0.5, 0.6) is 0 Å². The van der Waals surface area contributed by atoms with E-state index in [1.165, 1.54) is 30.1 Å². The summed E-state index contributed by atoms with van der Waals surface area (Å²) >= 11 is 0. The Morgan fingerprint density at radius 3 is 1.75 bits per heavy atom. The third-order valence-corrected chi connectivity index (χ3v) is 4.64. The highest BCUT2D eigenvalue weighted by molar-refractivity contribution is 5.41. The first-order chi connectivity index (χ1) is 14.6. The van der Waals surface area contributed by atoms with Crippen LogP contribution in [0.25, 0.3) is 5.69 Å². The summed E-state index contributed by atoms with van der Waals surface area (Å²) in [4.78, 5) is 4.01. The van der Waals surface area contributed by atoms with Crippen molar-refractivity contribution in [3.05, 3.63) is 82.4 Å². The second-order valence-electron chi connectivity index (χ2n) is 7.24. The van der Waals surface area contributed by atoms with Gasteiger partial charge in [0.05, 0.1) is 28.7 Å². The van der Waals surface area contributed by atoms with E-state index in [1.54, 1.807) is 0 Å². The normalized spacial score (nSPS) is 12.9. The van der Waals surface area contributed by atoms with Crippen LogP contribution in [0.3, 0.4) is 0 Å². The molecule has 0 N–H and O–H groups in total. The number of aromatic nitrogens is 2. The van der Waals surface area contributed by atoms with Gasteiger partial charge < -0.3 is 4.57 Å². The number of hydrogen-bond donors (Lipinski definition) is 0. The van der Waals surface area contributed by atoms with Gasteiger partial charge in [-0.3, -0.25) is 0 Å². The molecule has 0 spiro atoms. The quantitative estimate of drug-likeness (QED) is 0.378. The predicted octanol–water partition coefficient (Wildman–Crippen LogP) is 7.02. The monoisotopic (exact) mass is 466 g/mol. The minimum Gasteiger partial charge on any atom is -0.306 e. The van der Waals surface area contributed by atoms with E-state index in [1.807, 2.05) is 0 Å². The van der Waals surface area contributed by atoms with Gasteiger partial charge >= 0.3 is 18.5 Å². The number of nitrogens with zero attached hydrogens (tertiary/aromatic N) is 2. The van der Waals surface area contributed by atoms with Gasteiger partial charge in [-0.05, 0) is 67.3 Å². The average molecular weight is 466 g/mol. The Bertz CT molecular complexity index is 1070. The molecule has 0 fully saturated rings. The summed E-state index contributed by atoms with van der Waals surface area (Å²) in [7, 11) is 0. The molecule has 2 nitrogen and oxygen atoms in total. The van der Waals surface area contributed by atoms with Crippen LogP contribution in [-0.4, -0.2) is 9.55 Å². The van der Waals surface area contributed by atoms with E-state index in [0.29, 0.717) is 23.4 Å². The number of aryl methyl sites for hydroxylation is 3. The van der Waals surface area contributed by atoms with Crippen LogP contribution in [0.2, 0.25) is 0 Å². The van der Waals surface area contributed by atoms with E-state index in [0.717, 1.165) is 12.1 Å². The van der Waals surface area contributed by atoms with E-state index in [9.17, 15) is 39.5 Å². The van der Waals surface area contributed by atoms with Crippen molar-refractivity contribution in [2.75, 3.05) is 0 Å². The molecule has 0 saturated carbocycles. The molecule has 11 heteroatoms. The first kappa shape index (κ1) is 23.7. The van der Waals surface area contributed by atoms with Gasteiger partial charge in [0.15, 0.2) is 0 Å². The predicted molar refractivity (Wildman–Crippen MR) is 97.2 cm³/mol. The highest BCUT2D eigenvalue weighted by Crippen LogP contribution is 2.36. The zero-order valence-electron chi connectivity index (χ0n) is 16.3. The Labute approximate surface area is 176 Å². The molecule has 0 amide bonds. The van der Waals surface area contributed by atoms with Crippen LogP contribution in [0, 0.1) is 6.92 Å². The zero-order valence-corrected chi connectivity index (χ0v) is 16.3. The van der Waals surface area contributed by atoms with Gasteiger partial charge in [0.25, 0.3) is 0 Å². The highest BCUT2D eigenvalue weighted by atomic mass is 19.4. The number of imidazole rings is 1. The van der Waals surface area contributed by atoms with E-state index in [2.05, 4.69) is 4.98 Å². The summed E-state index contributed by atoms with van der Waals surface area (Å²) < 4.78 is 118. The standard InChI is InChI=1S/C21H15F9N2/c1-12-4-14(19(22,23)24)9-18(5-12)32-10-17(31-11-32)3-2-13-6-15(20(25,26)27)8-16(7-13)21(28,29)30/h4-11H,2-3H2,1H3. The summed E-state index contributed by atoms with van der Waals surface area (Å²) in [6, 6.07) is 4.72. The van der Waals surface area contributed by atoms with Crippen molar-refractivity contribution in [1.82, 2.24) is 9.55 Å². The van der Waals surface area contributed by atoms with Crippen LogP contribution in [0.1, 0.15) is 33.5 Å². The molecular formula is C21H15F9N2. The first-order valence-corrected chi connectivity index (χ1v) is 9.13. The van der Waals surface area contributed by atoms with Gasteiger partial charge in [0, 0.05) is 11.9 Å². The number of alkyl halides is 9. The number of benzene rings is 2. The summed E-state index contributed by atoms with van der Waals surface area (Å²) in [5.74, 6) is 0. The fourth-order valence-corrected chi connectivity index (χ4v) is 3.15. The van der Waals surface area contributed by atoms with Gasteiger partial charge in [-0.1, -0.05) is 0 Å². The number of hydrogen-bond acceptors (Lipinski definition) is 1. The largest absolute Gasteiger partial charge is 0.416 e. The summed E-state index contributed by atoms with van der Waals surface area (Å²) in [6.45, 7) is 1.49. The third-order valence-electron chi connectivity index (χ3n) is 4.64. The molecular weight excluding hydrogens is 451 g/mol. The van der Waals surface area contributed by atoms with Crippen molar-refractivity contribution in [3.63, 3.8) is 0 Å². The molecule has 0 aliphatic carbocycles. The molecule has 0 unspecified atom stereocenters. The Hall–Kier alpha value is -2.98. The van der Waals surface area contributed by atoms with Gasteiger partial charge in [-0.25, -0.2) is 4.98 Å². The van der Waals surface area contributed by atoms with Gasteiger partial charge in [0.1, 0.15) is 0 Å². The first-order valence-electron chi connectivity index (χ1n) is 9.13. The molecule has 0 saturated heterocycles. The molecule has 0 aliphatic rings. The smallest absolute Gasteiger partial charge is 0.306 e. The van der Waals surface area contributed by atoms with Crippen molar-refractivity contribution in [2.45, 2.75) is 38.3 Å². The topological polar surface area (TPSA) is 17.8 Å². The molecule has 0 atom stereocenters. The maximum Gasteiger partial charge on any atom is 0.416 e. The highest BCUT2D eigenvalue weighted by Gasteiger charge is 2.37. The fourth-order valence-electron chi connectivity index (χ4n) is 3.15. The second kappa shape index (κ2) is 8.18. The minimum atomic E-state index is -4.95. The maximum atomic E-state index is 13.0. The number of rotatable bonds is 4. The van der Waals surface area contributed by atoms with Crippen molar-refractivity contribution < 1.29 is 39.5 Å². The van der Waals surface area contributed by atoms with Crippen LogP contribution in [-0.2, 0) is 31.4 Å². The van der Waals surface area contributed by atoms with E-state index in [4.69, 9.17) is 0 Å². The third kappa shape index (κ3) is 5.63. The lowest BCUT2D eigenvalue weighted by atomic mass is 10.0. The summed E-state index contributed by atoms with van der Waals surface area (Å²) in [6.07, 6.45) is -12.0. The van der Waals surface area contributed by atoms with E-state index < -0.39 is 35.2 Å². The van der Waals surface area contributed by atoms with Crippen molar-refractivity contribution in [3.8, 4) is 5.69 Å². The number of halogens is 9. The molecule has 0 radical (unpaired) electrons. The molecule has 0 aliphatic heterocycles. The molecule has 3 aromatic rings. The lowest BCUT2D eigenvalue weighted by Gasteiger charge is -2.14. The SMILES string of the molecule is Cc1cc(-n2cnc(CCc3cc(C(F)(F)F)cc(C(F)(F)F)c3)c2)cc(C(F)(F)F)c1. The molecule has 32 heavy (non-hydrogen) atoms. The maximum absolute atomic E-state index is 13.0. The summed E-state index contributed by atoms with van der Waals surface area (Å²) in [5.41, 5.74) is -3.03. The van der Waals surface area contributed by atoms with Crippen LogP contribution in [0.4, 0.5) is 39.5 Å². The Kier molecular flexibility index (Phi) is 6.05. The minimum absolute atomic E-state index is 0.0104. The van der Waals surface area contributed by atoms with Gasteiger partial charge in [0.2, 0.25) is 0 Å². The molecule has 3 rings (SSSR count). The summed E-state index contributed by atoms with van der Waals surface area (Å²) in [5, 5.41) is 0. The molecule has 1 heterocycles. The van der Waals surface area contributed by atoms with Crippen molar-refractivity contribution in [2.24, 2.45) is 0 Å². The molecule has 0 bridgehead atoms. The van der Waals surface area contributed by atoms with E-state index >= 15 is 0 Å². The lowest BCUT2D eigenvalue weighted by molar-refractivity contribution is -0.143.